The van der Waals surface area contributed by atoms with Gasteiger partial charge in [-0.05, 0) is 45.0 Å². The van der Waals surface area contributed by atoms with Crippen molar-refractivity contribution in [3.8, 4) is 11.5 Å². The van der Waals surface area contributed by atoms with Gasteiger partial charge in [0.25, 0.3) is 0 Å². The van der Waals surface area contributed by atoms with Crippen LogP contribution >= 0.6 is 0 Å². The van der Waals surface area contributed by atoms with Crippen LogP contribution in [0.3, 0.4) is 0 Å². The molecule has 1 N–H and O–H groups in total. The molecule has 0 fully saturated rings. The molecule has 2 aromatic heterocycles. The zero-order valence-corrected chi connectivity index (χ0v) is 15.3. The molecule has 8 nitrogen and oxygen atoms in total. The van der Waals surface area contributed by atoms with E-state index in [9.17, 15) is 14.1 Å². The monoisotopic (exact) mass is 374 g/mol. The number of carbonyl (C=O) groups excluding carboxylic acids is 1. The predicted octanol–water partition coefficient (Wildman–Crippen LogP) is 3.68. The van der Waals surface area contributed by atoms with Gasteiger partial charge in [0, 0.05) is 19.3 Å². The number of imidazole rings is 1. The molecule has 0 saturated heterocycles. The summed E-state index contributed by atoms with van der Waals surface area (Å²) >= 11 is 0. The number of fused-ring (bicyclic) bond motifs is 1. The average Bonchev–Trinajstić information content (AvgIpc) is 2.89. The minimum atomic E-state index is -1.10. The first kappa shape index (κ1) is 18.4. The number of amides is 1. The van der Waals surface area contributed by atoms with Crippen molar-refractivity contribution < 1.29 is 18.7 Å². The number of hydrogen-bond acceptors (Lipinski definition) is 5. The van der Waals surface area contributed by atoms with Gasteiger partial charge in [-0.15, -0.1) is 5.12 Å². The van der Waals surface area contributed by atoms with Crippen LogP contribution in [-0.4, -0.2) is 26.2 Å². The van der Waals surface area contributed by atoms with Crippen LogP contribution in [0.1, 0.15) is 20.8 Å². The Morgan fingerprint density at radius 3 is 2.52 bits per heavy atom. The number of aromatic nitrogens is 3. The fourth-order valence-corrected chi connectivity index (χ4v) is 2.36. The molecule has 0 bridgehead atoms. The first-order chi connectivity index (χ1) is 12.7. The van der Waals surface area contributed by atoms with Gasteiger partial charge in [0.1, 0.15) is 16.9 Å². The Kier molecular flexibility index (Phi) is 4.61. The zero-order valence-electron chi connectivity index (χ0n) is 15.3. The molecule has 0 unspecified atom stereocenters. The highest BCUT2D eigenvalue weighted by Gasteiger charge is 2.23. The average molecular weight is 374 g/mol. The van der Waals surface area contributed by atoms with E-state index in [0.717, 1.165) is 0 Å². The Balaban J connectivity index is 1.80. The van der Waals surface area contributed by atoms with Crippen LogP contribution in [0.15, 0.2) is 41.3 Å². The highest BCUT2D eigenvalue weighted by molar-refractivity contribution is 5.85. The second-order valence-corrected chi connectivity index (χ2v) is 6.85. The van der Waals surface area contributed by atoms with Crippen molar-refractivity contribution in [3.05, 3.63) is 47.0 Å². The Bertz CT molecular complexity index is 1030. The SMILES string of the molecule is Cn1c(=O)[nH]c2c(Oc3ccc(N(F)C(=O)OC(C)(C)C)cc3)ccnc21. The molecule has 142 valence electrons. The maximum absolute atomic E-state index is 14.1. The molecule has 2 heterocycles. The van der Waals surface area contributed by atoms with Crippen molar-refractivity contribution in [1.29, 1.82) is 0 Å². The summed E-state index contributed by atoms with van der Waals surface area (Å²) in [5, 5.41) is -0.0750. The summed E-state index contributed by atoms with van der Waals surface area (Å²) in [6.45, 7) is 4.96. The van der Waals surface area contributed by atoms with E-state index in [4.69, 9.17) is 9.47 Å². The number of rotatable bonds is 3. The number of pyridine rings is 1. The summed E-state index contributed by atoms with van der Waals surface area (Å²) in [6, 6.07) is 7.37. The van der Waals surface area contributed by atoms with Gasteiger partial charge in [-0.1, -0.05) is 4.48 Å². The number of ether oxygens (including phenoxy) is 2. The van der Waals surface area contributed by atoms with Crippen molar-refractivity contribution in [2.75, 3.05) is 5.12 Å². The van der Waals surface area contributed by atoms with E-state index >= 15 is 0 Å². The van der Waals surface area contributed by atoms with E-state index < -0.39 is 11.7 Å². The van der Waals surface area contributed by atoms with Crippen LogP contribution < -0.4 is 15.5 Å². The van der Waals surface area contributed by atoms with Gasteiger partial charge >= 0.3 is 11.8 Å². The smallest absolute Gasteiger partial charge is 0.443 e. The quantitative estimate of drug-likeness (QED) is 0.707. The fourth-order valence-electron chi connectivity index (χ4n) is 2.36. The molecule has 0 atom stereocenters. The van der Waals surface area contributed by atoms with Gasteiger partial charge in [0.15, 0.2) is 11.4 Å². The van der Waals surface area contributed by atoms with Crippen LogP contribution in [0.4, 0.5) is 15.0 Å². The molecule has 1 aromatic carbocycles. The number of aromatic amines is 1. The molecule has 3 rings (SSSR count). The second kappa shape index (κ2) is 6.75. The third kappa shape index (κ3) is 3.91. The van der Waals surface area contributed by atoms with Crippen molar-refractivity contribution in [1.82, 2.24) is 14.5 Å². The minimum Gasteiger partial charge on any atom is -0.455 e. The molecule has 0 saturated carbocycles. The molecule has 9 heteroatoms. The summed E-state index contributed by atoms with van der Waals surface area (Å²) in [5.74, 6) is 0.795. The Labute approximate surface area is 154 Å². The fraction of sp³-hybridized carbons (Fsp3) is 0.278. The van der Waals surface area contributed by atoms with E-state index in [1.54, 1.807) is 33.9 Å². The van der Waals surface area contributed by atoms with Crippen molar-refractivity contribution in [2.24, 2.45) is 7.05 Å². The van der Waals surface area contributed by atoms with E-state index in [1.807, 2.05) is 0 Å². The Hall–Kier alpha value is -3.36. The van der Waals surface area contributed by atoms with Crippen molar-refractivity contribution >= 4 is 22.9 Å². The second-order valence-electron chi connectivity index (χ2n) is 6.85. The summed E-state index contributed by atoms with van der Waals surface area (Å²) in [4.78, 5) is 30.3. The van der Waals surface area contributed by atoms with Crippen LogP contribution in [0, 0.1) is 0 Å². The Morgan fingerprint density at radius 1 is 1.22 bits per heavy atom. The molecule has 0 aliphatic carbocycles. The first-order valence-corrected chi connectivity index (χ1v) is 8.16. The maximum Gasteiger partial charge on any atom is 0.443 e. The summed E-state index contributed by atoms with van der Waals surface area (Å²) in [6.07, 6.45) is 0.416. The number of nitrogens with zero attached hydrogens (tertiary/aromatic N) is 3. The molecular formula is C18H19FN4O4. The zero-order chi connectivity index (χ0) is 19.8. The molecule has 3 aromatic rings. The van der Waals surface area contributed by atoms with Gasteiger partial charge in [-0.3, -0.25) is 4.57 Å². The highest BCUT2D eigenvalue weighted by atomic mass is 19.2. The largest absolute Gasteiger partial charge is 0.455 e. The lowest BCUT2D eigenvalue weighted by Gasteiger charge is -2.22. The van der Waals surface area contributed by atoms with E-state index in [1.165, 1.54) is 35.0 Å². The summed E-state index contributed by atoms with van der Waals surface area (Å²) in [7, 11) is 1.60. The summed E-state index contributed by atoms with van der Waals surface area (Å²) < 4.78 is 26.2. The van der Waals surface area contributed by atoms with Gasteiger partial charge in [-0.25, -0.2) is 14.6 Å². The lowest BCUT2D eigenvalue weighted by Crippen LogP contribution is -2.31. The van der Waals surface area contributed by atoms with E-state index in [0.29, 0.717) is 22.7 Å². The number of nitrogens with one attached hydrogen (secondary N) is 1. The maximum atomic E-state index is 14.1. The van der Waals surface area contributed by atoms with Gasteiger partial charge in [0.2, 0.25) is 0 Å². The molecular weight excluding hydrogens is 355 g/mol. The number of hydrogen-bond donors (Lipinski definition) is 1. The van der Waals surface area contributed by atoms with E-state index in [-0.39, 0.29) is 16.5 Å². The normalized spacial score (nSPS) is 11.4. The first-order valence-electron chi connectivity index (χ1n) is 8.16. The third-order valence-corrected chi connectivity index (χ3v) is 3.59. The van der Waals surface area contributed by atoms with E-state index in [2.05, 4.69) is 9.97 Å². The Morgan fingerprint density at radius 2 is 1.89 bits per heavy atom. The standard InChI is InChI=1S/C18H19FN4O4/c1-18(2,3)27-17(25)23(19)11-5-7-12(8-6-11)26-13-9-10-20-15-14(13)21-16(24)22(15)4/h5-10H,1-4H3,(H,21,24). The minimum absolute atomic E-state index is 0.00425. The molecule has 0 radical (unpaired) electrons. The summed E-state index contributed by atoms with van der Waals surface area (Å²) in [5.41, 5.74) is -0.202. The molecule has 0 spiro atoms. The molecule has 0 aliphatic heterocycles. The van der Waals surface area contributed by atoms with Gasteiger partial charge in [-0.2, -0.15) is 0 Å². The van der Waals surface area contributed by atoms with Crippen LogP contribution in [-0.2, 0) is 11.8 Å². The molecule has 27 heavy (non-hydrogen) atoms. The predicted molar refractivity (Wildman–Crippen MR) is 97.7 cm³/mol. The highest BCUT2D eigenvalue weighted by Crippen LogP contribution is 2.28. The number of benzene rings is 1. The number of halogens is 1. The lowest BCUT2D eigenvalue weighted by molar-refractivity contribution is 0.0501. The molecule has 0 aliphatic rings. The van der Waals surface area contributed by atoms with Crippen LogP contribution in [0.2, 0.25) is 0 Å². The number of H-pyrrole nitrogens is 1. The molecule has 1 amide bonds. The third-order valence-electron chi connectivity index (χ3n) is 3.59. The van der Waals surface area contributed by atoms with Gasteiger partial charge in [0.05, 0.1) is 5.69 Å². The van der Waals surface area contributed by atoms with Crippen molar-refractivity contribution in [3.63, 3.8) is 0 Å². The van der Waals surface area contributed by atoms with Gasteiger partial charge < -0.3 is 14.5 Å². The lowest BCUT2D eigenvalue weighted by atomic mass is 10.2. The van der Waals surface area contributed by atoms with Crippen LogP contribution in [0.5, 0.6) is 11.5 Å². The number of anilines is 1. The number of aryl methyl sites for hydroxylation is 1. The number of carbonyl (C=O) groups is 1. The van der Waals surface area contributed by atoms with Crippen LogP contribution in [0.25, 0.3) is 11.2 Å². The topological polar surface area (TPSA) is 89.5 Å². The van der Waals surface area contributed by atoms with Crippen molar-refractivity contribution in [2.45, 2.75) is 26.4 Å².